The monoisotopic (exact) mass is 172 g/mol. The minimum Gasteiger partial charge on any atom is -0.330 e. The molecular weight excluding hydrogens is 148 g/mol. The van der Waals surface area contributed by atoms with E-state index in [1.807, 2.05) is 0 Å². The fourth-order valence-corrected chi connectivity index (χ4v) is 1.44. The zero-order valence-corrected chi connectivity index (χ0v) is 8.84. The molecule has 0 heterocycles. The molecular formula is C10H24N2. The van der Waals surface area contributed by atoms with Gasteiger partial charge in [-0.3, -0.25) is 0 Å². The highest BCUT2D eigenvalue weighted by Crippen LogP contribution is 2.00. The van der Waals surface area contributed by atoms with E-state index in [9.17, 15) is 0 Å². The van der Waals surface area contributed by atoms with E-state index in [2.05, 4.69) is 25.7 Å². The maximum atomic E-state index is 5.59. The Morgan fingerprint density at radius 3 is 2.00 bits per heavy atom. The molecule has 74 valence electrons. The molecule has 0 fully saturated rings. The van der Waals surface area contributed by atoms with Gasteiger partial charge in [-0.25, -0.2) is 0 Å². The second-order valence-electron chi connectivity index (χ2n) is 3.64. The molecule has 0 aliphatic carbocycles. The second kappa shape index (κ2) is 7.56. The van der Waals surface area contributed by atoms with Crippen LogP contribution in [-0.2, 0) is 0 Å². The molecule has 0 aliphatic rings. The van der Waals surface area contributed by atoms with Crippen LogP contribution in [0.2, 0.25) is 0 Å². The number of rotatable bonds is 7. The first-order chi connectivity index (χ1) is 5.74. The number of hydrogen-bond acceptors (Lipinski definition) is 2. The summed E-state index contributed by atoms with van der Waals surface area (Å²) in [6, 6.07) is 0. The van der Waals surface area contributed by atoms with Crippen molar-refractivity contribution in [2.45, 2.75) is 33.6 Å². The summed E-state index contributed by atoms with van der Waals surface area (Å²) in [5.74, 6) is 0.642. The average molecular weight is 172 g/mol. The first kappa shape index (κ1) is 11.9. The van der Waals surface area contributed by atoms with E-state index in [0.29, 0.717) is 5.92 Å². The quantitative estimate of drug-likeness (QED) is 0.633. The standard InChI is InChI=1S/C10H24N2/c1-4-6-12(7-5-2)9-10(3)8-11/h10H,4-9,11H2,1-3H3. The Bertz CT molecular complexity index is 87.8. The lowest BCUT2D eigenvalue weighted by molar-refractivity contribution is 0.240. The largest absolute Gasteiger partial charge is 0.330 e. The fraction of sp³-hybridized carbons (Fsp3) is 1.00. The lowest BCUT2D eigenvalue weighted by Crippen LogP contribution is -2.32. The Morgan fingerprint density at radius 2 is 1.67 bits per heavy atom. The van der Waals surface area contributed by atoms with Crippen LogP contribution >= 0.6 is 0 Å². The van der Waals surface area contributed by atoms with Crippen LogP contribution in [0.25, 0.3) is 0 Å². The van der Waals surface area contributed by atoms with Gasteiger partial charge in [-0.15, -0.1) is 0 Å². The summed E-state index contributed by atoms with van der Waals surface area (Å²) in [5, 5.41) is 0. The van der Waals surface area contributed by atoms with Gasteiger partial charge in [-0.05, 0) is 38.4 Å². The van der Waals surface area contributed by atoms with Crippen LogP contribution in [0.1, 0.15) is 33.6 Å². The Hall–Kier alpha value is -0.0800. The van der Waals surface area contributed by atoms with Crippen molar-refractivity contribution in [3.8, 4) is 0 Å². The van der Waals surface area contributed by atoms with Crippen molar-refractivity contribution in [2.75, 3.05) is 26.2 Å². The molecule has 0 amide bonds. The molecule has 2 nitrogen and oxygen atoms in total. The third-order valence-corrected chi connectivity index (χ3v) is 2.05. The molecule has 2 N–H and O–H groups in total. The molecule has 2 heteroatoms. The molecule has 0 rings (SSSR count). The molecule has 0 aromatic rings. The van der Waals surface area contributed by atoms with Gasteiger partial charge >= 0.3 is 0 Å². The summed E-state index contributed by atoms with van der Waals surface area (Å²) in [5.41, 5.74) is 5.59. The smallest absolute Gasteiger partial charge is 0.00191 e. The molecule has 1 atom stereocenters. The van der Waals surface area contributed by atoms with Crippen molar-refractivity contribution in [1.82, 2.24) is 4.90 Å². The highest BCUT2D eigenvalue weighted by atomic mass is 15.1. The van der Waals surface area contributed by atoms with Crippen molar-refractivity contribution in [3.63, 3.8) is 0 Å². The van der Waals surface area contributed by atoms with E-state index in [4.69, 9.17) is 5.73 Å². The number of nitrogens with zero attached hydrogens (tertiary/aromatic N) is 1. The van der Waals surface area contributed by atoms with E-state index in [0.717, 1.165) is 13.1 Å². The van der Waals surface area contributed by atoms with E-state index >= 15 is 0 Å². The summed E-state index contributed by atoms with van der Waals surface area (Å²) >= 11 is 0. The average Bonchev–Trinajstić information content (AvgIpc) is 2.05. The van der Waals surface area contributed by atoms with Crippen LogP contribution in [-0.4, -0.2) is 31.1 Å². The molecule has 0 radical (unpaired) electrons. The van der Waals surface area contributed by atoms with Crippen LogP contribution in [0.3, 0.4) is 0 Å². The lowest BCUT2D eigenvalue weighted by Gasteiger charge is -2.23. The van der Waals surface area contributed by atoms with Crippen molar-refractivity contribution >= 4 is 0 Å². The predicted octanol–water partition coefficient (Wildman–Crippen LogP) is 1.70. The van der Waals surface area contributed by atoms with Crippen molar-refractivity contribution in [2.24, 2.45) is 11.7 Å². The normalized spacial score (nSPS) is 13.8. The first-order valence-corrected chi connectivity index (χ1v) is 5.16. The maximum absolute atomic E-state index is 5.59. The minimum absolute atomic E-state index is 0.642. The molecule has 0 saturated heterocycles. The fourth-order valence-electron chi connectivity index (χ4n) is 1.44. The summed E-state index contributed by atoms with van der Waals surface area (Å²) in [4.78, 5) is 2.51. The number of nitrogens with two attached hydrogens (primary N) is 1. The van der Waals surface area contributed by atoms with Crippen molar-refractivity contribution in [1.29, 1.82) is 0 Å². The van der Waals surface area contributed by atoms with Gasteiger partial charge in [0.05, 0.1) is 0 Å². The molecule has 0 spiro atoms. The Kier molecular flexibility index (Phi) is 7.51. The molecule has 0 aliphatic heterocycles. The van der Waals surface area contributed by atoms with E-state index in [1.54, 1.807) is 0 Å². The van der Waals surface area contributed by atoms with Gasteiger partial charge in [-0.2, -0.15) is 0 Å². The van der Waals surface area contributed by atoms with Gasteiger partial charge in [0.2, 0.25) is 0 Å². The molecule has 0 aromatic carbocycles. The highest BCUT2D eigenvalue weighted by molar-refractivity contribution is 4.62. The van der Waals surface area contributed by atoms with Gasteiger partial charge in [0.1, 0.15) is 0 Å². The van der Waals surface area contributed by atoms with E-state index < -0.39 is 0 Å². The van der Waals surface area contributed by atoms with Gasteiger partial charge in [0.25, 0.3) is 0 Å². The van der Waals surface area contributed by atoms with Crippen LogP contribution < -0.4 is 5.73 Å². The predicted molar refractivity (Wildman–Crippen MR) is 55.2 cm³/mol. The van der Waals surface area contributed by atoms with Crippen molar-refractivity contribution in [3.05, 3.63) is 0 Å². The maximum Gasteiger partial charge on any atom is 0.00191 e. The summed E-state index contributed by atoms with van der Waals surface area (Å²) in [6.45, 7) is 11.1. The van der Waals surface area contributed by atoms with Crippen molar-refractivity contribution < 1.29 is 0 Å². The number of hydrogen-bond donors (Lipinski definition) is 1. The van der Waals surface area contributed by atoms with E-state index in [-0.39, 0.29) is 0 Å². The van der Waals surface area contributed by atoms with Gasteiger partial charge in [-0.1, -0.05) is 20.8 Å². The minimum atomic E-state index is 0.642. The third-order valence-electron chi connectivity index (χ3n) is 2.05. The van der Waals surface area contributed by atoms with Crippen LogP contribution in [0.5, 0.6) is 0 Å². The Balaban J connectivity index is 3.61. The van der Waals surface area contributed by atoms with Gasteiger partial charge in [0.15, 0.2) is 0 Å². The zero-order chi connectivity index (χ0) is 9.40. The van der Waals surface area contributed by atoms with Gasteiger partial charge < -0.3 is 10.6 Å². The second-order valence-corrected chi connectivity index (χ2v) is 3.64. The van der Waals surface area contributed by atoms with Gasteiger partial charge in [0, 0.05) is 6.54 Å². The Labute approximate surface area is 77.1 Å². The van der Waals surface area contributed by atoms with Crippen LogP contribution in [0.4, 0.5) is 0 Å². The summed E-state index contributed by atoms with van der Waals surface area (Å²) in [6.07, 6.45) is 2.49. The first-order valence-electron chi connectivity index (χ1n) is 5.16. The molecule has 1 unspecified atom stereocenters. The van der Waals surface area contributed by atoms with Crippen LogP contribution in [0.15, 0.2) is 0 Å². The SMILES string of the molecule is CCCN(CCC)CC(C)CN. The van der Waals surface area contributed by atoms with Crippen LogP contribution in [0, 0.1) is 5.92 Å². The van der Waals surface area contributed by atoms with E-state index in [1.165, 1.54) is 25.9 Å². The third kappa shape index (κ3) is 5.56. The summed E-state index contributed by atoms with van der Waals surface area (Å²) in [7, 11) is 0. The Morgan fingerprint density at radius 1 is 1.17 bits per heavy atom. The topological polar surface area (TPSA) is 29.3 Å². The molecule has 12 heavy (non-hydrogen) atoms. The molecule has 0 saturated carbocycles. The summed E-state index contributed by atoms with van der Waals surface area (Å²) < 4.78 is 0. The highest BCUT2D eigenvalue weighted by Gasteiger charge is 2.06. The molecule has 0 aromatic heterocycles. The zero-order valence-electron chi connectivity index (χ0n) is 8.84. The lowest BCUT2D eigenvalue weighted by atomic mass is 10.1. The molecule has 0 bridgehead atoms.